The van der Waals surface area contributed by atoms with E-state index in [-0.39, 0.29) is 12.2 Å². The van der Waals surface area contributed by atoms with Gasteiger partial charge in [-0.15, -0.1) is 18.3 Å². The van der Waals surface area contributed by atoms with Crippen molar-refractivity contribution in [3.63, 3.8) is 0 Å². The molecule has 0 radical (unpaired) electrons. The number of alkyl halides is 6. The Labute approximate surface area is 199 Å². The van der Waals surface area contributed by atoms with Crippen molar-refractivity contribution in [2.45, 2.75) is 19.0 Å². The zero-order chi connectivity index (χ0) is 25.9. The van der Waals surface area contributed by atoms with E-state index in [0.717, 1.165) is 24.3 Å². The molecule has 3 aromatic carbocycles. The number of aromatic nitrogens is 3. The molecule has 4 rings (SSSR count). The summed E-state index contributed by atoms with van der Waals surface area (Å²) < 4.78 is 86.2. The van der Waals surface area contributed by atoms with Crippen LogP contribution in [0.4, 0.5) is 26.3 Å². The Morgan fingerprint density at radius 1 is 0.861 bits per heavy atom. The minimum atomic E-state index is -4.79. The van der Waals surface area contributed by atoms with Gasteiger partial charge in [0, 0.05) is 5.56 Å². The highest BCUT2D eigenvalue weighted by molar-refractivity contribution is 5.76. The second kappa shape index (κ2) is 9.72. The third kappa shape index (κ3) is 6.20. The summed E-state index contributed by atoms with van der Waals surface area (Å²) in [5.74, 6) is -1.50. The molecule has 186 valence electrons. The van der Waals surface area contributed by atoms with E-state index in [2.05, 4.69) is 14.8 Å². The molecule has 0 saturated heterocycles. The quantitative estimate of drug-likeness (QED) is 0.182. The Hall–Kier alpha value is -4.35. The van der Waals surface area contributed by atoms with Gasteiger partial charge in [-0.3, -0.25) is 4.79 Å². The van der Waals surface area contributed by atoms with Gasteiger partial charge < -0.3 is 9.47 Å². The van der Waals surface area contributed by atoms with E-state index in [0.29, 0.717) is 22.6 Å². The van der Waals surface area contributed by atoms with Gasteiger partial charge in [-0.1, -0.05) is 36.4 Å². The summed E-state index contributed by atoms with van der Waals surface area (Å²) in [6.45, 7) is 0. The molecule has 1 aromatic heterocycles. The number of rotatable bonds is 6. The minimum Gasteiger partial charge on any atom is -0.426 e. The van der Waals surface area contributed by atoms with E-state index >= 15 is 0 Å². The first kappa shape index (κ1) is 24.8. The van der Waals surface area contributed by atoms with Gasteiger partial charge in [-0.05, 0) is 42.0 Å². The van der Waals surface area contributed by atoms with Crippen LogP contribution in [0.25, 0.3) is 17.1 Å². The molecule has 6 nitrogen and oxygen atoms in total. The summed E-state index contributed by atoms with van der Waals surface area (Å²) in [4.78, 5) is 16.4. The number of carbonyl (C=O) groups is 1. The van der Waals surface area contributed by atoms with Gasteiger partial charge in [-0.2, -0.15) is 13.2 Å². The number of esters is 1. The molecule has 0 aliphatic heterocycles. The number of benzene rings is 3. The monoisotopic (exact) mass is 507 g/mol. The fraction of sp³-hybridized carbons (Fsp3) is 0.125. The molecule has 0 aliphatic carbocycles. The Morgan fingerprint density at radius 2 is 1.53 bits per heavy atom. The third-order valence-electron chi connectivity index (χ3n) is 4.80. The van der Waals surface area contributed by atoms with E-state index in [9.17, 15) is 31.1 Å². The molecular formula is C24H15F6N3O3. The van der Waals surface area contributed by atoms with Gasteiger partial charge in [0.15, 0.2) is 5.82 Å². The van der Waals surface area contributed by atoms with Crippen molar-refractivity contribution in [1.82, 2.24) is 14.8 Å². The van der Waals surface area contributed by atoms with Crippen LogP contribution in [-0.2, 0) is 17.4 Å². The lowest BCUT2D eigenvalue weighted by Gasteiger charge is -2.12. The summed E-state index contributed by atoms with van der Waals surface area (Å²) in [7, 11) is 0. The first-order valence-electron chi connectivity index (χ1n) is 10.2. The Morgan fingerprint density at radius 3 is 2.17 bits per heavy atom. The van der Waals surface area contributed by atoms with Gasteiger partial charge in [0.2, 0.25) is 0 Å². The van der Waals surface area contributed by atoms with Crippen LogP contribution >= 0.6 is 0 Å². The van der Waals surface area contributed by atoms with E-state index in [1.165, 1.54) is 35.3 Å². The summed E-state index contributed by atoms with van der Waals surface area (Å²) in [6.07, 6.45) is -8.34. The molecule has 0 N–H and O–H groups in total. The summed E-state index contributed by atoms with van der Waals surface area (Å²) in [5.41, 5.74) is 0.470. The van der Waals surface area contributed by atoms with Crippen molar-refractivity contribution >= 4 is 5.97 Å². The van der Waals surface area contributed by atoms with Gasteiger partial charge >= 0.3 is 18.5 Å². The van der Waals surface area contributed by atoms with E-state index in [1.54, 1.807) is 24.3 Å². The topological polar surface area (TPSA) is 66.2 Å². The predicted molar refractivity (Wildman–Crippen MR) is 114 cm³/mol. The van der Waals surface area contributed by atoms with Crippen molar-refractivity contribution in [3.05, 3.63) is 90.3 Å². The molecular weight excluding hydrogens is 492 g/mol. The average Bonchev–Trinajstić information content (AvgIpc) is 3.29. The fourth-order valence-electron chi connectivity index (χ4n) is 3.21. The number of hydrogen-bond acceptors (Lipinski definition) is 5. The Balaban J connectivity index is 1.41. The highest BCUT2D eigenvalue weighted by Crippen LogP contribution is 2.36. The second-order valence-corrected chi connectivity index (χ2v) is 7.40. The van der Waals surface area contributed by atoms with Gasteiger partial charge in [-0.25, -0.2) is 9.67 Å². The number of hydrogen-bond donors (Lipinski definition) is 0. The molecule has 0 amide bonds. The first-order valence-corrected chi connectivity index (χ1v) is 10.2. The summed E-state index contributed by atoms with van der Waals surface area (Å²) >= 11 is 0. The zero-order valence-corrected chi connectivity index (χ0v) is 18.0. The van der Waals surface area contributed by atoms with Crippen molar-refractivity contribution in [3.8, 4) is 28.6 Å². The SMILES string of the molecule is O=C(Cc1ccc(-c2ncn(-c3ccc(OC(F)(F)F)cc3)n2)cc1)Oc1ccccc1C(F)(F)F. The maximum absolute atomic E-state index is 13.1. The lowest BCUT2D eigenvalue weighted by Crippen LogP contribution is -2.17. The highest BCUT2D eigenvalue weighted by Gasteiger charge is 2.34. The van der Waals surface area contributed by atoms with E-state index in [4.69, 9.17) is 4.74 Å². The number of nitrogens with zero attached hydrogens (tertiary/aromatic N) is 3. The number of halogens is 6. The summed E-state index contributed by atoms with van der Waals surface area (Å²) in [5, 5.41) is 4.28. The van der Waals surface area contributed by atoms with Crippen LogP contribution in [0.5, 0.6) is 11.5 Å². The highest BCUT2D eigenvalue weighted by atomic mass is 19.4. The van der Waals surface area contributed by atoms with Crippen LogP contribution in [0.2, 0.25) is 0 Å². The predicted octanol–water partition coefficient (Wildman–Crippen LogP) is 6.00. The molecule has 0 bridgehead atoms. The minimum absolute atomic E-state index is 0.263. The van der Waals surface area contributed by atoms with E-state index < -0.39 is 29.8 Å². The van der Waals surface area contributed by atoms with Gasteiger partial charge in [0.25, 0.3) is 0 Å². The summed E-state index contributed by atoms with van der Waals surface area (Å²) in [6, 6.07) is 15.9. The normalized spacial score (nSPS) is 11.8. The smallest absolute Gasteiger partial charge is 0.426 e. The number of para-hydroxylation sites is 1. The number of ether oxygens (including phenoxy) is 2. The molecule has 1 heterocycles. The van der Waals surface area contributed by atoms with Crippen LogP contribution in [-0.4, -0.2) is 27.1 Å². The van der Waals surface area contributed by atoms with Crippen LogP contribution in [0, 0.1) is 0 Å². The largest absolute Gasteiger partial charge is 0.573 e. The molecule has 0 saturated carbocycles. The lowest BCUT2D eigenvalue weighted by atomic mass is 10.1. The molecule has 0 fully saturated rings. The molecule has 4 aromatic rings. The van der Waals surface area contributed by atoms with Crippen LogP contribution in [0.1, 0.15) is 11.1 Å². The zero-order valence-electron chi connectivity index (χ0n) is 18.0. The lowest BCUT2D eigenvalue weighted by molar-refractivity contribution is -0.274. The first-order chi connectivity index (χ1) is 17.0. The van der Waals surface area contributed by atoms with Crippen molar-refractivity contribution in [1.29, 1.82) is 0 Å². The van der Waals surface area contributed by atoms with Gasteiger partial charge in [0.1, 0.15) is 17.8 Å². The van der Waals surface area contributed by atoms with Crippen molar-refractivity contribution < 1.29 is 40.6 Å². The van der Waals surface area contributed by atoms with Crippen LogP contribution in [0.3, 0.4) is 0 Å². The van der Waals surface area contributed by atoms with Crippen molar-refractivity contribution in [2.24, 2.45) is 0 Å². The molecule has 0 spiro atoms. The van der Waals surface area contributed by atoms with Crippen LogP contribution < -0.4 is 9.47 Å². The molecule has 0 unspecified atom stereocenters. The fourth-order valence-corrected chi connectivity index (χ4v) is 3.21. The maximum Gasteiger partial charge on any atom is 0.573 e. The van der Waals surface area contributed by atoms with Crippen LogP contribution in [0.15, 0.2) is 79.1 Å². The second-order valence-electron chi connectivity index (χ2n) is 7.40. The van der Waals surface area contributed by atoms with Gasteiger partial charge in [0.05, 0.1) is 17.7 Å². The third-order valence-corrected chi connectivity index (χ3v) is 4.80. The van der Waals surface area contributed by atoms with Crippen molar-refractivity contribution in [2.75, 3.05) is 0 Å². The average molecular weight is 507 g/mol. The molecule has 0 aliphatic rings. The Kier molecular flexibility index (Phi) is 6.69. The standard InChI is InChI=1S/C24H15F6N3O3/c25-23(26,27)19-3-1-2-4-20(19)35-21(34)13-15-5-7-16(8-6-15)22-31-14-33(32-22)17-9-11-18(12-10-17)36-24(28,29)30/h1-12,14H,13H2. The van der Waals surface area contributed by atoms with E-state index in [1.807, 2.05) is 0 Å². The molecule has 0 atom stereocenters. The Bertz CT molecular complexity index is 1350. The molecule has 12 heteroatoms. The number of carbonyl (C=O) groups excluding carboxylic acids is 1. The molecule has 36 heavy (non-hydrogen) atoms. The maximum atomic E-state index is 13.1.